The van der Waals surface area contributed by atoms with E-state index in [4.69, 9.17) is 9.47 Å². The molecule has 0 saturated carbocycles. The highest BCUT2D eigenvalue weighted by molar-refractivity contribution is 5.95. The predicted octanol–water partition coefficient (Wildman–Crippen LogP) is 2.43. The third-order valence-electron chi connectivity index (χ3n) is 2.89. The molecule has 0 aliphatic rings. The lowest BCUT2D eigenvalue weighted by Gasteiger charge is -2.06. The molecule has 0 N–H and O–H groups in total. The Bertz CT molecular complexity index is 543. The zero-order chi connectivity index (χ0) is 13.7. The lowest BCUT2D eigenvalue weighted by molar-refractivity contribution is 0.0718. The zero-order valence-electron chi connectivity index (χ0n) is 11.1. The van der Waals surface area contributed by atoms with Crippen LogP contribution in [0.15, 0.2) is 42.6 Å². The molecule has 4 nitrogen and oxygen atoms in total. The number of ketones is 1. The first-order valence-electron chi connectivity index (χ1n) is 6.06. The average Bonchev–Trinajstić information content (AvgIpc) is 2.86. The molecule has 100 valence electrons. The summed E-state index contributed by atoms with van der Waals surface area (Å²) >= 11 is 0. The summed E-state index contributed by atoms with van der Waals surface area (Å²) in [4.78, 5) is 11.9. The maximum Gasteiger partial charge on any atom is 0.204 e. The van der Waals surface area contributed by atoms with E-state index in [-0.39, 0.29) is 12.4 Å². The summed E-state index contributed by atoms with van der Waals surface area (Å²) < 4.78 is 12.3. The number of Topliss-reactive ketones (excluding diaryl/α,β-unsaturated/α-hetero) is 1. The minimum Gasteiger partial charge on any atom is -0.497 e. The summed E-state index contributed by atoms with van der Waals surface area (Å²) in [6.45, 7) is 0.504. The number of benzene rings is 1. The van der Waals surface area contributed by atoms with Gasteiger partial charge in [0.25, 0.3) is 0 Å². The molecule has 0 saturated heterocycles. The fraction of sp³-hybridized carbons (Fsp3) is 0.267. The van der Waals surface area contributed by atoms with E-state index in [1.54, 1.807) is 17.7 Å². The number of nitrogens with zero attached hydrogens (tertiary/aromatic N) is 1. The van der Waals surface area contributed by atoms with Crippen LogP contribution >= 0.6 is 0 Å². The second-order valence-electron chi connectivity index (χ2n) is 4.27. The number of rotatable bonds is 6. The SMILES string of the molecule is COc1ccc(COCC(=O)c2cccn2C)cc1. The molecule has 0 radical (unpaired) electrons. The van der Waals surface area contributed by atoms with Crippen molar-refractivity contribution in [2.75, 3.05) is 13.7 Å². The number of methoxy groups -OCH3 is 1. The van der Waals surface area contributed by atoms with Crippen LogP contribution in [-0.2, 0) is 18.4 Å². The van der Waals surface area contributed by atoms with E-state index in [9.17, 15) is 4.79 Å². The van der Waals surface area contributed by atoms with Crippen LogP contribution in [0.25, 0.3) is 0 Å². The van der Waals surface area contributed by atoms with Gasteiger partial charge in [0, 0.05) is 13.2 Å². The third kappa shape index (κ3) is 3.45. The van der Waals surface area contributed by atoms with Gasteiger partial charge in [0.1, 0.15) is 12.4 Å². The van der Waals surface area contributed by atoms with E-state index in [1.165, 1.54) is 0 Å². The molecule has 0 unspecified atom stereocenters. The van der Waals surface area contributed by atoms with E-state index in [1.807, 2.05) is 43.6 Å². The van der Waals surface area contributed by atoms with Crippen LogP contribution < -0.4 is 4.74 Å². The largest absolute Gasteiger partial charge is 0.497 e. The lowest BCUT2D eigenvalue weighted by Crippen LogP contribution is -2.12. The summed E-state index contributed by atoms with van der Waals surface area (Å²) in [6, 6.07) is 11.2. The van der Waals surface area contributed by atoms with Crippen molar-refractivity contribution in [3.05, 3.63) is 53.9 Å². The summed E-state index contributed by atoms with van der Waals surface area (Å²) in [7, 11) is 3.47. The Balaban J connectivity index is 1.83. The van der Waals surface area contributed by atoms with Crippen molar-refractivity contribution in [3.8, 4) is 5.75 Å². The molecule has 19 heavy (non-hydrogen) atoms. The standard InChI is InChI=1S/C15H17NO3/c1-16-9-3-4-14(16)15(17)11-19-10-12-5-7-13(18-2)8-6-12/h3-9H,10-11H2,1-2H3. The van der Waals surface area contributed by atoms with Gasteiger partial charge in [-0.1, -0.05) is 12.1 Å². The predicted molar refractivity (Wildman–Crippen MR) is 72.4 cm³/mol. The topological polar surface area (TPSA) is 40.5 Å². The molecule has 0 bridgehead atoms. The number of carbonyl (C=O) groups excluding carboxylic acids is 1. The van der Waals surface area contributed by atoms with Crippen LogP contribution in [0, 0.1) is 0 Å². The van der Waals surface area contributed by atoms with E-state index in [2.05, 4.69) is 0 Å². The molecule has 0 fully saturated rings. The molecule has 0 atom stereocenters. The van der Waals surface area contributed by atoms with Gasteiger partial charge in [-0.05, 0) is 29.8 Å². The fourth-order valence-electron chi connectivity index (χ4n) is 1.81. The zero-order valence-corrected chi connectivity index (χ0v) is 11.1. The monoisotopic (exact) mass is 259 g/mol. The number of aromatic nitrogens is 1. The van der Waals surface area contributed by atoms with Gasteiger partial charge in [-0.2, -0.15) is 0 Å². The van der Waals surface area contributed by atoms with Crippen molar-refractivity contribution in [1.29, 1.82) is 0 Å². The Morgan fingerprint density at radius 1 is 1.21 bits per heavy atom. The second-order valence-corrected chi connectivity index (χ2v) is 4.27. The highest BCUT2D eigenvalue weighted by atomic mass is 16.5. The molecule has 0 aliphatic carbocycles. The minimum absolute atomic E-state index is 0.0130. The van der Waals surface area contributed by atoms with E-state index in [0.29, 0.717) is 12.3 Å². The molecule has 1 aromatic carbocycles. The molecular weight excluding hydrogens is 242 g/mol. The maximum atomic E-state index is 11.9. The number of aryl methyl sites for hydroxylation is 1. The Hall–Kier alpha value is -2.07. The Labute approximate surface area is 112 Å². The molecule has 2 rings (SSSR count). The van der Waals surface area contributed by atoms with Crippen molar-refractivity contribution in [2.24, 2.45) is 7.05 Å². The van der Waals surface area contributed by atoms with Gasteiger partial charge >= 0.3 is 0 Å². The molecule has 1 aromatic heterocycles. The van der Waals surface area contributed by atoms with E-state index in [0.717, 1.165) is 11.3 Å². The number of carbonyl (C=O) groups is 1. The molecular formula is C15H17NO3. The van der Waals surface area contributed by atoms with Gasteiger partial charge in [-0.15, -0.1) is 0 Å². The Morgan fingerprint density at radius 2 is 1.95 bits per heavy atom. The van der Waals surface area contributed by atoms with Crippen molar-refractivity contribution >= 4 is 5.78 Å². The number of ether oxygens (including phenoxy) is 2. The van der Waals surface area contributed by atoms with Crippen LogP contribution in [0.2, 0.25) is 0 Å². The fourth-order valence-corrected chi connectivity index (χ4v) is 1.81. The first-order valence-corrected chi connectivity index (χ1v) is 6.06. The first-order chi connectivity index (χ1) is 9.20. The van der Waals surface area contributed by atoms with E-state index < -0.39 is 0 Å². The molecule has 2 aromatic rings. The van der Waals surface area contributed by atoms with Crippen LogP contribution in [0.5, 0.6) is 5.75 Å². The molecule has 4 heteroatoms. The highest BCUT2D eigenvalue weighted by Gasteiger charge is 2.08. The van der Waals surface area contributed by atoms with Crippen molar-refractivity contribution < 1.29 is 14.3 Å². The molecule has 0 amide bonds. The quantitative estimate of drug-likeness (QED) is 0.748. The minimum atomic E-state index is -0.0130. The van der Waals surface area contributed by atoms with Gasteiger partial charge in [0.2, 0.25) is 5.78 Å². The van der Waals surface area contributed by atoms with Crippen LogP contribution in [0.1, 0.15) is 16.1 Å². The summed E-state index contributed by atoms with van der Waals surface area (Å²) in [5.41, 5.74) is 1.68. The van der Waals surface area contributed by atoms with Gasteiger partial charge in [0.15, 0.2) is 0 Å². The van der Waals surface area contributed by atoms with Crippen molar-refractivity contribution in [2.45, 2.75) is 6.61 Å². The van der Waals surface area contributed by atoms with Gasteiger partial charge in [0.05, 0.1) is 19.4 Å². The summed E-state index contributed by atoms with van der Waals surface area (Å²) in [6.07, 6.45) is 1.84. The second kappa shape index (κ2) is 6.20. The normalized spacial score (nSPS) is 10.4. The van der Waals surface area contributed by atoms with E-state index >= 15 is 0 Å². The van der Waals surface area contributed by atoms with Crippen molar-refractivity contribution in [1.82, 2.24) is 4.57 Å². The van der Waals surface area contributed by atoms with Gasteiger partial charge < -0.3 is 14.0 Å². The summed E-state index contributed by atoms with van der Waals surface area (Å²) in [5.74, 6) is 0.796. The third-order valence-corrected chi connectivity index (χ3v) is 2.89. The average molecular weight is 259 g/mol. The molecule has 1 heterocycles. The molecule has 0 spiro atoms. The summed E-state index contributed by atoms with van der Waals surface area (Å²) in [5, 5.41) is 0. The highest BCUT2D eigenvalue weighted by Crippen LogP contribution is 2.12. The molecule has 0 aliphatic heterocycles. The maximum absolute atomic E-state index is 11.9. The van der Waals surface area contributed by atoms with Crippen LogP contribution in [0.3, 0.4) is 0 Å². The van der Waals surface area contributed by atoms with Crippen LogP contribution in [-0.4, -0.2) is 24.1 Å². The Morgan fingerprint density at radius 3 is 2.53 bits per heavy atom. The van der Waals surface area contributed by atoms with Crippen molar-refractivity contribution in [3.63, 3.8) is 0 Å². The number of hydrogen-bond donors (Lipinski definition) is 0. The Kier molecular flexibility index (Phi) is 4.36. The van der Waals surface area contributed by atoms with Gasteiger partial charge in [-0.3, -0.25) is 4.79 Å². The lowest BCUT2D eigenvalue weighted by atomic mass is 10.2. The van der Waals surface area contributed by atoms with Crippen LogP contribution in [0.4, 0.5) is 0 Å². The van der Waals surface area contributed by atoms with Gasteiger partial charge in [-0.25, -0.2) is 0 Å². The first kappa shape index (κ1) is 13.4. The number of hydrogen-bond acceptors (Lipinski definition) is 3. The smallest absolute Gasteiger partial charge is 0.204 e.